The number of guanidine groups is 1. The fourth-order valence-electron chi connectivity index (χ4n) is 3.39. The van der Waals surface area contributed by atoms with E-state index in [2.05, 4.69) is 34.4 Å². The number of nitrogens with one attached hydrogen (secondary N) is 2. The Morgan fingerprint density at radius 1 is 1.03 bits per heavy atom. The van der Waals surface area contributed by atoms with E-state index in [1.165, 1.54) is 0 Å². The number of rotatable bonds is 13. The van der Waals surface area contributed by atoms with E-state index in [1.807, 2.05) is 38.1 Å². The number of methoxy groups -OCH3 is 1. The first-order valence-electron chi connectivity index (χ1n) is 11.8. The maximum absolute atomic E-state index is 5.74. The van der Waals surface area contributed by atoms with Crippen molar-refractivity contribution in [2.24, 2.45) is 4.99 Å². The summed E-state index contributed by atoms with van der Waals surface area (Å²) in [6.45, 7) is 14.2. The number of hydrogen-bond donors (Lipinski definition) is 2. The molecule has 1 heterocycles. The summed E-state index contributed by atoms with van der Waals surface area (Å²) in [4.78, 5) is 9.77. The van der Waals surface area contributed by atoms with Gasteiger partial charge in [-0.05, 0) is 58.5 Å². The van der Waals surface area contributed by atoms with Crippen LogP contribution >= 0.6 is 24.0 Å². The molecule has 1 aromatic rings. The number of benzene rings is 1. The SMILES string of the molecule is COCCOCCCNC(=NCC(C)N1CCN(C)CC1)Nc1ccc(OC(C)C)cc1.I. The van der Waals surface area contributed by atoms with Crippen molar-refractivity contribution in [2.45, 2.75) is 39.3 Å². The van der Waals surface area contributed by atoms with Crippen LogP contribution < -0.4 is 15.4 Å². The summed E-state index contributed by atoms with van der Waals surface area (Å²) in [5.74, 6) is 1.66. The number of piperazine rings is 1. The highest BCUT2D eigenvalue weighted by molar-refractivity contribution is 14.0. The lowest BCUT2D eigenvalue weighted by molar-refractivity contribution is 0.0699. The van der Waals surface area contributed by atoms with Gasteiger partial charge in [0, 0.05) is 58.2 Å². The third-order valence-corrected chi connectivity index (χ3v) is 5.35. The standard InChI is InChI=1S/C24H43N5O3.HI/c1-20(2)32-23-9-7-22(8-10-23)27-24(25-11-6-16-31-18-17-30-5)26-19-21(3)29-14-12-28(4)13-15-29;/h7-10,20-21H,6,11-19H2,1-5H3,(H2,25,26,27);1H. The second-order valence-corrected chi connectivity index (χ2v) is 8.58. The molecule has 0 saturated carbocycles. The highest BCUT2D eigenvalue weighted by Crippen LogP contribution is 2.17. The Bertz CT molecular complexity index is 652. The molecule has 9 heteroatoms. The molecule has 1 aromatic carbocycles. The summed E-state index contributed by atoms with van der Waals surface area (Å²) >= 11 is 0. The smallest absolute Gasteiger partial charge is 0.195 e. The maximum atomic E-state index is 5.74. The zero-order chi connectivity index (χ0) is 23.2. The number of halogens is 1. The molecule has 0 bridgehead atoms. The summed E-state index contributed by atoms with van der Waals surface area (Å²) in [6, 6.07) is 8.41. The van der Waals surface area contributed by atoms with E-state index in [0.717, 1.165) is 63.1 Å². The number of aliphatic imine (C=N–C) groups is 1. The van der Waals surface area contributed by atoms with Gasteiger partial charge in [0.05, 0.1) is 25.9 Å². The van der Waals surface area contributed by atoms with Crippen LogP contribution in [-0.4, -0.2) is 101 Å². The minimum atomic E-state index is 0. The Labute approximate surface area is 217 Å². The lowest BCUT2D eigenvalue weighted by Crippen LogP contribution is -2.49. The van der Waals surface area contributed by atoms with Gasteiger partial charge in [-0.15, -0.1) is 24.0 Å². The van der Waals surface area contributed by atoms with Gasteiger partial charge in [0.25, 0.3) is 0 Å². The zero-order valence-electron chi connectivity index (χ0n) is 21.0. The van der Waals surface area contributed by atoms with Crippen molar-refractivity contribution in [3.8, 4) is 5.75 Å². The van der Waals surface area contributed by atoms with Gasteiger partial charge in [0.15, 0.2) is 5.96 Å². The van der Waals surface area contributed by atoms with E-state index in [9.17, 15) is 0 Å². The molecule has 33 heavy (non-hydrogen) atoms. The topological polar surface area (TPSA) is 70.6 Å². The van der Waals surface area contributed by atoms with E-state index in [-0.39, 0.29) is 30.1 Å². The van der Waals surface area contributed by atoms with Crippen molar-refractivity contribution in [2.75, 3.05) is 78.6 Å². The normalized spacial score (nSPS) is 16.4. The molecule has 0 amide bonds. The van der Waals surface area contributed by atoms with Crippen molar-refractivity contribution in [1.82, 2.24) is 15.1 Å². The van der Waals surface area contributed by atoms with E-state index in [4.69, 9.17) is 19.2 Å². The Morgan fingerprint density at radius 2 is 1.73 bits per heavy atom. The van der Waals surface area contributed by atoms with Crippen LogP contribution in [0.3, 0.4) is 0 Å². The number of nitrogens with zero attached hydrogens (tertiary/aromatic N) is 3. The maximum Gasteiger partial charge on any atom is 0.195 e. The van der Waals surface area contributed by atoms with Crippen LogP contribution in [0.1, 0.15) is 27.2 Å². The van der Waals surface area contributed by atoms with Crippen LogP contribution in [0, 0.1) is 0 Å². The molecule has 0 spiro atoms. The predicted molar refractivity (Wildman–Crippen MR) is 147 cm³/mol. The first-order chi connectivity index (χ1) is 15.5. The van der Waals surface area contributed by atoms with Crippen molar-refractivity contribution < 1.29 is 14.2 Å². The Balaban J connectivity index is 0.00000544. The molecule has 2 rings (SSSR count). The molecule has 8 nitrogen and oxygen atoms in total. The molecule has 2 N–H and O–H groups in total. The molecule has 0 radical (unpaired) electrons. The summed E-state index contributed by atoms with van der Waals surface area (Å²) in [7, 11) is 3.87. The van der Waals surface area contributed by atoms with Crippen LogP contribution in [0.2, 0.25) is 0 Å². The van der Waals surface area contributed by atoms with Crippen LogP contribution in [0.15, 0.2) is 29.3 Å². The quantitative estimate of drug-likeness (QED) is 0.162. The molecule has 1 aliphatic heterocycles. The first-order valence-corrected chi connectivity index (χ1v) is 11.8. The first kappa shape index (κ1) is 29.9. The largest absolute Gasteiger partial charge is 0.491 e. The van der Waals surface area contributed by atoms with Gasteiger partial charge in [-0.2, -0.15) is 0 Å². The molecule has 0 aliphatic carbocycles. The van der Waals surface area contributed by atoms with Crippen LogP contribution in [-0.2, 0) is 9.47 Å². The monoisotopic (exact) mass is 577 g/mol. The molecule has 1 unspecified atom stereocenters. The highest BCUT2D eigenvalue weighted by Gasteiger charge is 2.18. The molecule has 1 fully saturated rings. The lowest BCUT2D eigenvalue weighted by atomic mass is 10.2. The van der Waals surface area contributed by atoms with Gasteiger partial charge in [-0.1, -0.05) is 0 Å². The fourth-order valence-corrected chi connectivity index (χ4v) is 3.39. The van der Waals surface area contributed by atoms with Crippen molar-refractivity contribution >= 4 is 35.6 Å². The zero-order valence-corrected chi connectivity index (χ0v) is 23.3. The van der Waals surface area contributed by atoms with E-state index >= 15 is 0 Å². The Kier molecular flexibility index (Phi) is 15.7. The second-order valence-electron chi connectivity index (χ2n) is 8.58. The van der Waals surface area contributed by atoms with Gasteiger partial charge in [0.2, 0.25) is 0 Å². The van der Waals surface area contributed by atoms with Crippen molar-refractivity contribution in [3.63, 3.8) is 0 Å². The third-order valence-electron chi connectivity index (χ3n) is 5.35. The van der Waals surface area contributed by atoms with Gasteiger partial charge >= 0.3 is 0 Å². The summed E-state index contributed by atoms with van der Waals surface area (Å²) in [5.41, 5.74) is 0.982. The average molecular weight is 578 g/mol. The minimum Gasteiger partial charge on any atom is -0.491 e. The predicted octanol–water partition coefficient (Wildman–Crippen LogP) is 3.14. The minimum absolute atomic E-state index is 0. The third kappa shape index (κ3) is 12.8. The van der Waals surface area contributed by atoms with Crippen LogP contribution in [0.25, 0.3) is 0 Å². The van der Waals surface area contributed by atoms with Crippen LogP contribution in [0.4, 0.5) is 5.69 Å². The number of hydrogen-bond acceptors (Lipinski definition) is 6. The molecular formula is C24H44IN5O3. The molecule has 0 aromatic heterocycles. The van der Waals surface area contributed by atoms with Gasteiger partial charge in [-0.25, -0.2) is 0 Å². The number of likely N-dealkylation sites (N-methyl/N-ethyl adjacent to an activating group) is 1. The van der Waals surface area contributed by atoms with E-state index < -0.39 is 0 Å². The Morgan fingerprint density at radius 3 is 2.36 bits per heavy atom. The molecule has 1 saturated heterocycles. The molecule has 1 aliphatic rings. The van der Waals surface area contributed by atoms with Crippen LogP contribution in [0.5, 0.6) is 5.75 Å². The molecule has 1 atom stereocenters. The highest BCUT2D eigenvalue weighted by atomic mass is 127. The second kappa shape index (κ2) is 17.3. The summed E-state index contributed by atoms with van der Waals surface area (Å²) in [6.07, 6.45) is 1.06. The van der Waals surface area contributed by atoms with Crippen molar-refractivity contribution in [1.29, 1.82) is 0 Å². The Hall–Kier alpha value is -1.14. The summed E-state index contributed by atoms with van der Waals surface area (Å²) < 4.78 is 16.3. The summed E-state index contributed by atoms with van der Waals surface area (Å²) in [5, 5.41) is 6.87. The van der Waals surface area contributed by atoms with Crippen molar-refractivity contribution in [3.05, 3.63) is 24.3 Å². The van der Waals surface area contributed by atoms with Gasteiger partial charge in [0.1, 0.15) is 5.75 Å². The van der Waals surface area contributed by atoms with Gasteiger partial charge < -0.3 is 29.7 Å². The number of anilines is 1. The molecule has 190 valence electrons. The van der Waals surface area contributed by atoms with Gasteiger partial charge in [-0.3, -0.25) is 9.89 Å². The molecular weight excluding hydrogens is 533 g/mol. The average Bonchev–Trinajstić information content (AvgIpc) is 2.77. The number of ether oxygens (including phenoxy) is 3. The lowest BCUT2D eigenvalue weighted by Gasteiger charge is -2.35. The van der Waals surface area contributed by atoms with E-state index in [1.54, 1.807) is 7.11 Å². The van der Waals surface area contributed by atoms with E-state index in [0.29, 0.717) is 25.9 Å². The fraction of sp³-hybridized carbons (Fsp3) is 0.708.